The molecule has 3 rings (SSSR count). The van der Waals surface area contributed by atoms with Crippen molar-refractivity contribution in [1.82, 2.24) is 19.8 Å². The van der Waals surface area contributed by atoms with Crippen molar-refractivity contribution in [1.29, 1.82) is 0 Å². The van der Waals surface area contributed by atoms with Crippen LogP contribution in [0, 0.1) is 0 Å². The molecule has 0 radical (unpaired) electrons. The van der Waals surface area contributed by atoms with E-state index in [-0.39, 0.29) is 129 Å². The first-order valence-electron chi connectivity index (χ1n) is 14.6. The average molecular weight is 619 g/mol. The SMILES string of the molecule is O=C(c1ccc2ccc3ccc(C(=O)N(CCOCCO)CCOCCO)nc3c2n1)N(CCOCCO)CCOCCO. The number of benzene rings is 1. The van der Waals surface area contributed by atoms with Gasteiger partial charge in [-0.1, -0.05) is 24.3 Å². The number of hydrogen-bond acceptors (Lipinski definition) is 12. The van der Waals surface area contributed by atoms with Crippen LogP contribution in [0.25, 0.3) is 21.8 Å². The largest absolute Gasteiger partial charge is 0.394 e. The lowest BCUT2D eigenvalue weighted by atomic mass is 10.1. The second-order valence-electron chi connectivity index (χ2n) is 9.53. The summed E-state index contributed by atoms with van der Waals surface area (Å²) in [5, 5.41) is 37.4. The van der Waals surface area contributed by atoms with Crippen molar-refractivity contribution >= 4 is 33.6 Å². The number of carbonyl (C=O) groups is 2. The summed E-state index contributed by atoms with van der Waals surface area (Å²) >= 11 is 0. The number of pyridine rings is 2. The van der Waals surface area contributed by atoms with Crippen LogP contribution in [0.15, 0.2) is 36.4 Å². The predicted molar refractivity (Wildman–Crippen MR) is 160 cm³/mol. The second kappa shape index (κ2) is 19.8. The van der Waals surface area contributed by atoms with E-state index in [4.69, 9.17) is 39.4 Å². The molecule has 0 aliphatic heterocycles. The topological polar surface area (TPSA) is 184 Å². The molecule has 3 aromatic rings. The first kappa shape index (κ1) is 35.1. The van der Waals surface area contributed by atoms with Gasteiger partial charge < -0.3 is 49.2 Å². The third kappa shape index (κ3) is 10.7. The molecule has 14 heteroatoms. The number of fused-ring (bicyclic) bond motifs is 3. The van der Waals surface area contributed by atoms with E-state index in [1.807, 2.05) is 12.1 Å². The number of amides is 2. The molecule has 0 unspecified atom stereocenters. The number of rotatable bonds is 22. The summed E-state index contributed by atoms with van der Waals surface area (Å²) in [6.45, 7) is 1.91. The molecule has 0 aliphatic rings. The van der Waals surface area contributed by atoms with Crippen molar-refractivity contribution in [3.63, 3.8) is 0 Å². The Morgan fingerprint density at radius 3 is 1.09 bits per heavy atom. The summed E-state index contributed by atoms with van der Waals surface area (Å²) in [5.74, 6) is -0.707. The summed E-state index contributed by atoms with van der Waals surface area (Å²) in [5.41, 5.74) is 1.27. The summed E-state index contributed by atoms with van der Waals surface area (Å²) in [6.07, 6.45) is 0. The van der Waals surface area contributed by atoms with E-state index < -0.39 is 0 Å². The first-order valence-corrected chi connectivity index (χ1v) is 14.6. The van der Waals surface area contributed by atoms with Gasteiger partial charge in [0.25, 0.3) is 11.8 Å². The van der Waals surface area contributed by atoms with Crippen LogP contribution < -0.4 is 0 Å². The van der Waals surface area contributed by atoms with Gasteiger partial charge >= 0.3 is 0 Å². The molecule has 2 aromatic heterocycles. The molecule has 0 saturated heterocycles. The van der Waals surface area contributed by atoms with Crippen molar-refractivity contribution in [3.05, 3.63) is 47.8 Å². The quantitative estimate of drug-likeness (QED) is 0.0853. The fraction of sp³-hybridized carbons (Fsp3) is 0.533. The van der Waals surface area contributed by atoms with Crippen LogP contribution >= 0.6 is 0 Å². The molecule has 0 atom stereocenters. The van der Waals surface area contributed by atoms with Gasteiger partial charge in [0.05, 0.1) is 90.3 Å². The lowest BCUT2D eigenvalue weighted by Gasteiger charge is -2.23. The Kier molecular flexibility index (Phi) is 15.8. The molecule has 2 heterocycles. The number of nitrogens with zero attached hydrogens (tertiary/aromatic N) is 4. The number of aliphatic hydroxyl groups is 4. The number of hydrogen-bond donors (Lipinski definition) is 4. The predicted octanol–water partition coefficient (Wildman–Crippen LogP) is -0.297. The van der Waals surface area contributed by atoms with Crippen LogP contribution in [-0.4, -0.2) is 157 Å². The summed E-state index contributed by atoms with van der Waals surface area (Å²) in [4.78, 5) is 39.5. The van der Waals surface area contributed by atoms with Crippen LogP contribution in [0.5, 0.6) is 0 Å². The van der Waals surface area contributed by atoms with Gasteiger partial charge in [0, 0.05) is 37.0 Å². The van der Waals surface area contributed by atoms with Crippen molar-refractivity contribution in [2.75, 3.05) is 105 Å². The lowest BCUT2D eigenvalue weighted by Crippen LogP contribution is -2.37. The van der Waals surface area contributed by atoms with Gasteiger partial charge in [-0.05, 0) is 12.1 Å². The molecule has 44 heavy (non-hydrogen) atoms. The van der Waals surface area contributed by atoms with Crippen LogP contribution in [0.2, 0.25) is 0 Å². The van der Waals surface area contributed by atoms with E-state index in [1.165, 1.54) is 9.80 Å². The van der Waals surface area contributed by atoms with Gasteiger partial charge in [0.1, 0.15) is 11.4 Å². The maximum absolute atomic E-state index is 13.5. The molecule has 0 fully saturated rings. The summed E-state index contributed by atoms with van der Waals surface area (Å²) < 4.78 is 21.4. The number of aromatic nitrogens is 2. The van der Waals surface area contributed by atoms with Gasteiger partial charge in [0.15, 0.2) is 0 Å². The van der Waals surface area contributed by atoms with Gasteiger partial charge in [0.2, 0.25) is 0 Å². The molecule has 0 spiro atoms. The molecular weight excluding hydrogens is 576 g/mol. The Bertz CT molecular complexity index is 1190. The van der Waals surface area contributed by atoms with Gasteiger partial charge in [-0.15, -0.1) is 0 Å². The van der Waals surface area contributed by atoms with Crippen LogP contribution in [0.4, 0.5) is 0 Å². The van der Waals surface area contributed by atoms with Crippen molar-refractivity contribution in [2.24, 2.45) is 0 Å². The monoisotopic (exact) mass is 618 g/mol. The summed E-state index contributed by atoms with van der Waals surface area (Å²) in [7, 11) is 0. The van der Waals surface area contributed by atoms with Crippen molar-refractivity contribution < 1.29 is 49.0 Å². The summed E-state index contributed by atoms with van der Waals surface area (Å²) in [6, 6.07) is 10.5. The van der Waals surface area contributed by atoms with Gasteiger partial charge in [-0.2, -0.15) is 0 Å². The van der Waals surface area contributed by atoms with E-state index in [9.17, 15) is 9.59 Å². The highest BCUT2D eigenvalue weighted by Gasteiger charge is 2.21. The highest BCUT2D eigenvalue weighted by atomic mass is 16.5. The van der Waals surface area contributed by atoms with Gasteiger partial charge in [-0.25, -0.2) is 9.97 Å². The van der Waals surface area contributed by atoms with Crippen molar-refractivity contribution in [3.8, 4) is 0 Å². The third-order valence-electron chi connectivity index (χ3n) is 6.50. The maximum atomic E-state index is 13.5. The van der Waals surface area contributed by atoms with E-state index in [0.717, 1.165) is 10.8 Å². The zero-order valence-electron chi connectivity index (χ0n) is 24.8. The van der Waals surface area contributed by atoms with Gasteiger partial charge in [-0.3, -0.25) is 9.59 Å². The maximum Gasteiger partial charge on any atom is 0.272 e. The Balaban J connectivity index is 1.89. The number of ether oxygens (including phenoxy) is 4. The van der Waals surface area contributed by atoms with E-state index >= 15 is 0 Å². The first-order chi connectivity index (χ1) is 21.5. The third-order valence-corrected chi connectivity index (χ3v) is 6.50. The molecule has 1 aromatic carbocycles. The minimum atomic E-state index is -0.353. The minimum Gasteiger partial charge on any atom is -0.394 e. The zero-order chi connectivity index (χ0) is 31.6. The van der Waals surface area contributed by atoms with Crippen LogP contribution in [0.3, 0.4) is 0 Å². The molecule has 2 amide bonds. The molecule has 0 bridgehead atoms. The molecule has 0 saturated carbocycles. The fourth-order valence-electron chi connectivity index (χ4n) is 4.33. The fourth-order valence-corrected chi connectivity index (χ4v) is 4.33. The Labute approximate surface area is 255 Å². The Morgan fingerprint density at radius 2 is 0.795 bits per heavy atom. The number of aliphatic hydroxyl groups excluding tert-OH is 4. The average Bonchev–Trinajstić information content (AvgIpc) is 3.05. The molecule has 242 valence electrons. The molecule has 14 nitrogen and oxygen atoms in total. The molecule has 4 N–H and O–H groups in total. The van der Waals surface area contributed by atoms with Crippen LogP contribution in [-0.2, 0) is 18.9 Å². The highest BCUT2D eigenvalue weighted by Crippen LogP contribution is 2.24. The standard InChI is InChI=1S/C30H42N4O10/c35-11-19-41-15-7-33(8-16-42-20-12-36)29(39)25-5-3-23-1-2-24-4-6-26(32-28(24)27(23)31-25)30(40)34(9-17-43-21-13-37)10-18-44-22-14-38/h1-6,35-38H,7-22H2. The highest BCUT2D eigenvalue weighted by molar-refractivity contribution is 6.06. The van der Waals surface area contributed by atoms with Crippen LogP contribution in [0.1, 0.15) is 21.0 Å². The molecular formula is C30H42N4O10. The zero-order valence-corrected chi connectivity index (χ0v) is 24.8. The normalized spacial score (nSPS) is 11.4. The van der Waals surface area contributed by atoms with Crippen molar-refractivity contribution in [2.45, 2.75) is 0 Å². The minimum absolute atomic E-state index is 0.128. The van der Waals surface area contributed by atoms with E-state index in [1.54, 1.807) is 24.3 Å². The number of carbonyl (C=O) groups excluding carboxylic acids is 2. The smallest absolute Gasteiger partial charge is 0.272 e. The van der Waals surface area contributed by atoms with E-state index in [0.29, 0.717) is 11.0 Å². The Morgan fingerprint density at radius 1 is 0.500 bits per heavy atom. The van der Waals surface area contributed by atoms with E-state index in [2.05, 4.69) is 9.97 Å². The lowest BCUT2D eigenvalue weighted by molar-refractivity contribution is 0.0410. The second-order valence-corrected chi connectivity index (χ2v) is 9.53. The molecule has 0 aliphatic carbocycles. The Hall–Kier alpha value is -3.34.